The number of rotatable bonds is 3. The van der Waals surface area contributed by atoms with Gasteiger partial charge in [-0.2, -0.15) is 0 Å². The van der Waals surface area contributed by atoms with Gasteiger partial charge < -0.3 is 4.74 Å². The Morgan fingerprint density at radius 1 is 1.04 bits per heavy atom. The van der Waals surface area contributed by atoms with Crippen molar-refractivity contribution in [1.29, 1.82) is 0 Å². The number of carbonyl (C=O) groups excluding carboxylic acids is 2. The summed E-state index contributed by atoms with van der Waals surface area (Å²) < 4.78 is 5.11. The summed E-state index contributed by atoms with van der Waals surface area (Å²) in [6, 6.07) is 14.7. The Labute approximate surface area is 138 Å². The second-order valence-corrected chi connectivity index (χ2v) is 6.07. The number of thioether (sulfide) groups is 1. The molecule has 2 aromatic carbocycles. The number of anilines is 1. The molecule has 4 nitrogen and oxygen atoms in total. The SMILES string of the molecule is COc1ccc(C=C2SC(=O)N(c3ccccc3C)C2=O)cc1. The Hall–Kier alpha value is -2.53. The van der Waals surface area contributed by atoms with Gasteiger partial charge in [-0.05, 0) is 54.1 Å². The van der Waals surface area contributed by atoms with Crippen LogP contribution in [0.1, 0.15) is 11.1 Å². The van der Waals surface area contributed by atoms with Crippen molar-refractivity contribution in [3.05, 3.63) is 64.6 Å². The van der Waals surface area contributed by atoms with Crippen LogP contribution in [-0.4, -0.2) is 18.3 Å². The fourth-order valence-electron chi connectivity index (χ4n) is 2.34. The number of hydrogen-bond acceptors (Lipinski definition) is 4. The molecule has 0 radical (unpaired) electrons. The summed E-state index contributed by atoms with van der Waals surface area (Å²) in [5, 5.41) is -0.274. The molecule has 116 valence electrons. The minimum Gasteiger partial charge on any atom is -0.497 e. The Bertz CT molecular complexity index is 796. The predicted molar refractivity (Wildman–Crippen MR) is 92.6 cm³/mol. The summed E-state index contributed by atoms with van der Waals surface area (Å²) in [5.74, 6) is 0.459. The number of imide groups is 1. The molecule has 1 aliphatic rings. The first-order valence-corrected chi connectivity index (χ1v) is 7.89. The van der Waals surface area contributed by atoms with Crippen LogP contribution in [0, 0.1) is 6.92 Å². The number of carbonyl (C=O) groups is 2. The lowest BCUT2D eigenvalue weighted by molar-refractivity contribution is -0.113. The highest BCUT2D eigenvalue weighted by molar-refractivity contribution is 8.19. The van der Waals surface area contributed by atoms with Gasteiger partial charge in [0.1, 0.15) is 5.75 Å². The molecule has 5 heteroatoms. The Balaban J connectivity index is 1.91. The lowest BCUT2D eigenvalue weighted by atomic mass is 10.1. The first kappa shape index (κ1) is 15.4. The first-order chi connectivity index (χ1) is 11.1. The average Bonchev–Trinajstić information content (AvgIpc) is 2.83. The van der Waals surface area contributed by atoms with E-state index in [2.05, 4.69) is 0 Å². The van der Waals surface area contributed by atoms with E-state index in [4.69, 9.17) is 4.74 Å². The second kappa shape index (κ2) is 6.30. The van der Waals surface area contributed by atoms with Crippen LogP contribution in [0.2, 0.25) is 0 Å². The molecule has 1 aliphatic heterocycles. The van der Waals surface area contributed by atoms with Crippen molar-refractivity contribution >= 4 is 34.7 Å². The van der Waals surface area contributed by atoms with Crippen LogP contribution in [0.5, 0.6) is 5.75 Å². The van der Waals surface area contributed by atoms with Gasteiger partial charge in [-0.25, -0.2) is 4.90 Å². The average molecular weight is 325 g/mol. The fourth-order valence-corrected chi connectivity index (χ4v) is 3.18. The maximum atomic E-state index is 12.6. The zero-order valence-electron chi connectivity index (χ0n) is 12.8. The molecule has 23 heavy (non-hydrogen) atoms. The lowest BCUT2D eigenvalue weighted by Gasteiger charge is -2.14. The number of aryl methyl sites for hydroxylation is 1. The molecule has 1 fully saturated rings. The van der Waals surface area contributed by atoms with Gasteiger partial charge >= 0.3 is 0 Å². The van der Waals surface area contributed by atoms with E-state index in [0.29, 0.717) is 10.6 Å². The molecule has 2 aromatic rings. The van der Waals surface area contributed by atoms with E-state index in [1.807, 2.05) is 49.4 Å². The highest BCUT2D eigenvalue weighted by Gasteiger charge is 2.36. The quantitative estimate of drug-likeness (QED) is 0.792. The van der Waals surface area contributed by atoms with Gasteiger partial charge in [-0.3, -0.25) is 9.59 Å². The van der Waals surface area contributed by atoms with Gasteiger partial charge in [-0.1, -0.05) is 30.3 Å². The van der Waals surface area contributed by atoms with E-state index in [9.17, 15) is 9.59 Å². The van der Waals surface area contributed by atoms with E-state index in [0.717, 1.165) is 28.6 Å². The first-order valence-electron chi connectivity index (χ1n) is 7.08. The van der Waals surface area contributed by atoms with Crippen LogP contribution < -0.4 is 9.64 Å². The standard InChI is InChI=1S/C18H15NO3S/c1-12-5-3-4-6-15(12)19-17(20)16(23-18(19)21)11-13-7-9-14(22-2)10-8-13/h3-11H,1-2H3. The monoisotopic (exact) mass is 325 g/mol. The number of hydrogen-bond donors (Lipinski definition) is 0. The molecule has 0 saturated carbocycles. The van der Waals surface area contributed by atoms with Crippen LogP contribution in [0.3, 0.4) is 0 Å². The molecule has 0 aliphatic carbocycles. The topological polar surface area (TPSA) is 46.6 Å². The van der Waals surface area contributed by atoms with Crippen molar-refractivity contribution < 1.29 is 14.3 Å². The van der Waals surface area contributed by atoms with Crippen molar-refractivity contribution in [2.75, 3.05) is 12.0 Å². The number of ether oxygens (including phenoxy) is 1. The summed E-state index contributed by atoms with van der Waals surface area (Å²) >= 11 is 0.957. The molecular formula is C18H15NO3S. The van der Waals surface area contributed by atoms with E-state index >= 15 is 0 Å². The number of amides is 2. The Kier molecular flexibility index (Phi) is 4.21. The van der Waals surface area contributed by atoms with Crippen LogP contribution in [-0.2, 0) is 4.79 Å². The Morgan fingerprint density at radius 2 is 1.74 bits per heavy atom. The van der Waals surface area contributed by atoms with Crippen LogP contribution in [0.25, 0.3) is 6.08 Å². The molecule has 0 bridgehead atoms. The third-order valence-electron chi connectivity index (χ3n) is 3.56. The molecule has 0 unspecified atom stereocenters. The fraction of sp³-hybridized carbons (Fsp3) is 0.111. The predicted octanol–water partition coefficient (Wildman–Crippen LogP) is 4.24. The largest absolute Gasteiger partial charge is 0.497 e. The summed E-state index contributed by atoms with van der Waals surface area (Å²) in [4.78, 5) is 26.5. The van der Waals surface area contributed by atoms with Crippen molar-refractivity contribution in [2.45, 2.75) is 6.92 Å². The summed E-state index contributed by atoms with van der Waals surface area (Å²) in [6.07, 6.45) is 1.72. The van der Waals surface area contributed by atoms with Crippen molar-refractivity contribution in [3.8, 4) is 5.75 Å². The maximum absolute atomic E-state index is 12.6. The maximum Gasteiger partial charge on any atom is 0.298 e. The summed E-state index contributed by atoms with van der Waals surface area (Å²) in [7, 11) is 1.60. The van der Waals surface area contributed by atoms with Crippen LogP contribution in [0.15, 0.2) is 53.4 Å². The minimum atomic E-state index is -0.287. The van der Waals surface area contributed by atoms with E-state index < -0.39 is 0 Å². The Morgan fingerprint density at radius 3 is 2.39 bits per heavy atom. The van der Waals surface area contributed by atoms with Gasteiger partial charge in [0.25, 0.3) is 11.1 Å². The molecule has 0 spiro atoms. The molecule has 1 heterocycles. The lowest BCUT2D eigenvalue weighted by Crippen LogP contribution is -2.28. The van der Waals surface area contributed by atoms with Gasteiger partial charge in [-0.15, -0.1) is 0 Å². The van der Waals surface area contributed by atoms with Crippen molar-refractivity contribution in [2.24, 2.45) is 0 Å². The summed E-state index contributed by atoms with van der Waals surface area (Å²) in [5.41, 5.74) is 2.37. The van der Waals surface area contributed by atoms with Gasteiger partial charge in [0.05, 0.1) is 17.7 Å². The number of para-hydroxylation sites is 1. The van der Waals surface area contributed by atoms with Crippen molar-refractivity contribution in [1.82, 2.24) is 0 Å². The zero-order valence-corrected chi connectivity index (χ0v) is 13.6. The molecule has 1 saturated heterocycles. The highest BCUT2D eigenvalue weighted by atomic mass is 32.2. The molecular weight excluding hydrogens is 310 g/mol. The molecule has 0 atom stereocenters. The molecule has 0 aromatic heterocycles. The smallest absolute Gasteiger partial charge is 0.298 e. The third-order valence-corrected chi connectivity index (χ3v) is 4.43. The van der Waals surface area contributed by atoms with Gasteiger partial charge in [0.2, 0.25) is 0 Å². The highest BCUT2D eigenvalue weighted by Crippen LogP contribution is 2.36. The van der Waals surface area contributed by atoms with Crippen LogP contribution >= 0.6 is 11.8 Å². The third kappa shape index (κ3) is 3.00. The summed E-state index contributed by atoms with van der Waals surface area (Å²) in [6.45, 7) is 1.88. The second-order valence-electron chi connectivity index (χ2n) is 5.08. The minimum absolute atomic E-state index is 0.274. The van der Waals surface area contributed by atoms with Gasteiger partial charge in [0.15, 0.2) is 0 Å². The van der Waals surface area contributed by atoms with E-state index in [1.54, 1.807) is 19.3 Å². The zero-order chi connectivity index (χ0) is 16.4. The number of methoxy groups -OCH3 is 1. The molecule has 3 rings (SSSR count). The van der Waals surface area contributed by atoms with Gasteiger partial charge in [0, 0.05) is 0 Å². The van der Waals surface area contributed by atoms with E-state index in [1.165, 1.54) is 4.90 Å². The number of benzene rings is 2. The number of nitrogens with zero attached hydrogens (tertiary/aromatic N) is 1. The normalized spacial score (nSPS) is 16.3. The molecule has 0 N–H and O–H groups in total. The van der Waals surface area contributed by atoms with Crippen LogP contribution in [0.4, 0.5) is 10.5 Å². The van der Waals surface area contributed by atoms with E-state index in [-0.39, 0.29) is 11.1 Å². The molecule has 2 amide bonds. The van der Waals surface area contributed by atoms with Crippen molar-refractivity contribution in [3.63, 3.8) is 0 Å².